The Bertz CT molecular complexity index is 1800. The number of phosphoric ester groups is 2. The van der Waals surface area contributed by atoms with Gasteiger partial charge in [-0.25, -0.2) is 9.13 Å². The fraction of sp³-hybridized carbons (Fsp3) is 0.944. The van der Waals surface area contributed by atoms with E-state index >= 15 is 0 Å². The van der Waals surface area contributed by atoms with E-state index in [1.807, 2.05) is 0 Å². The van der Waals surface area contributed by atoms with Gasteiger partial charge in [0.25, 0.3) is 0 Å². The van der Waals surface area contributed by atoms with Crippen molar-refractivity contribution in [1.82, 2.24) is 0 Å². The van der Waals surface area contributed by atoms with Gasteiger partial charge >= 0.3 is 39.5 Å². The van der Waals surface area contributed by atoms with E-state index in [0.29, 0.717) is 25.7 Å². The lowest BCUT2D eigenvalue weighted by Crippen LogP contribution is -2.30. The SMILES string of the molecule is CCC(C)CCCCCCCCC(=O)OC[C@H](COP(=O)(O)OC[C@H](O)COP(=O)(O)OC[C@@H](COC(=O)CCCCCCCCCCCCCCCC(C)C)OC(=O)CCCCCCCCCCCCCCC(C)C)OC(=O)CCCCCCCCC(C)CC. The molecule has 19 heteroatoms. The van der Waals surface area contributed by atoms with E-state index in [0.717, 1.165) is 120 Å². The molecule has 3 N–H and O–H groups in total. The molecule has 0 fully saturated rings. The van der Waals surface area contributed by atoms with Crippen LogP contribution in [0.25, 0.3) is 0 Å². The molecule has 0 rings (SSSR count). The first-order valence-corrected chi connectivity index (χ1v) is 40.3. The molecule has 0 saturated carbocycles. The van der Waals surface area contributed by atoms with Crippen LogP contribution in [0.15, 0.2) is 0 Å². The van der Waals surface area contributed by atoms with Crippen LogP contribution in [0.3, 0.4) is 0 Å². The van der Waals surface area contributed by atoms with Crippen molar-refractivity contribution in [2.24, 2.45) is 23.7 Å². The van der Waals surface area contributed by atoms with Crippen LogP contribution in [0.4, 0.5) is 0 Å². The third-order valence-electron chi connectivity index (χ3n) is 17.3. The Kier molecular flexibility index (Phi) is 60.3. The Hall–Kier alpha value is -1.94. The molecule has 0 aromatic rings. The maximum atomic E-state index is 13.0. The van der Waals surface area contributed by atoms with Crippen LogP contribution in [0.1, 0.15) is 357 Å². The summed E-state index contributed by atoms with van der Waals surface area (Å²) in [5.41, 5.74) is 0. The molecule has 0 spiro atoms. The number of hydrogen-bond acceptors (Lipinski definition) is 15. The van der Waals surface area contributed by atoms with E-state index in [9.17, 15) is 43.2 Å². The summed E-state index contributed by atoms with van der Waals surface area (Å²) in [6, 6.07) is 0. The van der Waals surface area contributed by atoms with E-state index in [1.165, 1.54) is 154 Å². The Morgan fingerprint density at radius 1 is 0.308 bits per heavy atom. The summed E-state index contributed by atoms with van der Waals surface area (Å²) in [5.74, 6) is 0.889. The van der Waals surface area contributed by atoms with E-state index < -0.39 is 97.5 Å². The van der Waals surface area contributed by atoms with Crippen molar-refractivity contribution in [3.05, 3.63) is 0 Å². The largest absolute Gasteiger partial charge is 0.472 e. The van der Waals surface area contributed by atoms with Crippen LogP contribution >= 0.6 is 15.6 Å². The summed E-state index contributed by atoms with van der Waals surface area (Å²) in [5, 5.41) is 10.6. The first kappa shape index (κ1) is 89.1. The van der Waals surface area contributed by atoms with Crippen LogP contribution in [0.5, 0.6) is 0 Å². The number of carbonyl (C=O) groups excluding carboxylic acids is 4. The summed E-state index contributed by atoms with van der Waals surface area (Å²) in [6.07, 6.45) is 44.5. The maximum Gasteiger partial charge on any atom is 0.472 e. The summed E-state index contributed by atoms with van der Waals surface area (Å²) >= 11 is 0. The minimum atomic E-state index is -4.96. The average Bonchev–Trinajstić information content (AvgIpc) is 3.39. The Morgan fingerprint density at radius 3 is 0.780 bits per heavy atom. The van der Waals surface area contributed by atoms with Crippen molar-refractivity contribution in [1.29, 1.82) is 0 Å². The van der Waals surface area contributed by atoms with Crippen LogP contribution in [0.2, 0.25) is 0 Å². The van der Waals surface area contributed by atoms with Crippen molar-refractivity contribution < 1.29 is 80.2 Å². The molecule has 17 nitrogen and oxygen atoms in total. The number of unbranched alkanes of at least 4 members (excludes halogenated alkanes) is 33. The number of phosphoric acid groups is 2. The third kappa shape index (κ3) is 63.9. The van der Waals surface area contributed by atoms with Gasteiger partial charge in [0.05, 0.1) is 26.4 Å². The van der Waals surface area contributed by atoms with Gasteiger partial charge in [0.1, 0.15) is 19.3 Å². The van der Waals surface area contributed by atoms with Gasteiger partial charge in [0, 0.05) is 25.7 Å². The van der Waals surface area contributed by atoms with Gasteiger partial charge in [-0.1, -0.05) is 306 Å². The van der Waals surface area contributed by atoms with Crippen molar-refractivity contribution >= 4 is 39.5 Å². The molecule has 540 valence electrons. The quantitative estimate of drug-likeness (QED) is 0.0222. The zero-order chi connectivity index (χ0) is 67.5. The fourth-order valence-corrected chi connectivity index (χ4v) is 12.4. The predicted octanol–water partition coefficient (Wildman–Crippen LogP) is 20.5. The minimum Gasteiger partial charge on any atom is -0.462 e. The molecule has 0 aliphatic carbocycles. The zero-order valence-corrected chi connectivity index (χ0v) is 61.3. The Labute approximate surface area is 556 Å². The lowest BCUT2D eigenvalue weighted by molar-refractivity contribution is -0.161. The zero-order valence-electron chi connectivity index (χ0n) is 59.5. The molecular formula is C72H140O17P2. The van der Waals surface area contributed by atoms with Gasteiger partial charge in [-0.3, -0.25) is 37.3 Å². The molecule has 0 aromatic heterocycles. The number of hydrogen-bond donors (Lipinski definition) is 3. The maximum absolute atomic E-state index is 13.0. The Morgan fingerprint density at radius 2 is 0.527 bits per heavy atom. The molecular weight excluding hydrogens is 1200 g/mol. The highest BCUT2D eigenvalue weighted by Gasteiger charge is 2.30. The lowest BCUT2D eigenvalue weighted by atomic mass is 10.00. The predicted molar refractivity (Wildman–Crippen MR) is 367 cm³/mol. The van der Waals surface area contributed by atoms with Crippen LogP contribution < -0.4 is 0 Å². The summed E-state index contributed by atoms with van der Waals surface area (Å²) in [6.45, 7) is 14.1. The standard InChI is InChI=1S/C72H140O17P2/c1-9-64(7)50-42-34-28-30-37-45-53-70(75)83-59-68(89-72(77)55-47-39-31-29-35-43-51-65(8)10-2)61-87-91(80,81)85-57-66(73)56-84-90(78,79)86-60-67(88-71(76)54-46-38-27-23-19-15-14-17-21-25-33-41-49-63(5)6)58-82-69(74)52-44-36-26-22-18-13-11-12-16-20-24-32-40-48-62(3)4/h62-68,73H,9-61H2,1-8H3,(H,78,79)(H,80,81)/t64?,65?,66-,67-,68-/m1/s1. The molecule has 0 aromatic carbocycles. The first-order valence-electron chi connectivity index (χ1n) is 37.3. The van der Waals surface area contributed by atoms with Crippen LogP contribution in [-0.2, 0) is 65.4 Å². The molecule has 7 atom stereocenters. The smallest absolute Gasteiger partial charge is 0.462 e. The number of aliphatic hydroxyl groups is 1. The second-order valence-electron chi connectivity index (χ2n) is 27.4. The van der Waals surface area contributed by atoms with Crippen molar-refractivity contribution in [3.8, 4) is 0 Å². The molecule has 0 radical (unpaired) electrons. The van der Waals surface area contributed by atoms with E-state index in [1.54, 1.807) is 0 Å². The molecule has 0 heterocycles. The Balaban J connectivity index is 5.25. The van der Waals surface area contributed by atoms with Gasteiger partial charge in [-0.15, -0.1) is 0 Å². The highest BCUT2D eigenvalue weighted by Crippen LogP contribution is 2.45. The highest BCUT2D eigenvalue weighted by molar-refractivity contribution is 7.47. The van der Waals surface area contributed by atoms with E-state index in [2.05, 4.69) is 55.4 Å². The molecule has 0 amide bonds. The average molecular weight is 1340 g/mol. The van der Waals surface area contributed by atoms with Crippen LogP contribution in [-0.4, -0.2) is 96.7 Å². The molecule has 91 heavy (non-hydrogen) atoms. The number of esters is 4. The van der Waals surface area contributed by atoms with Crippen LogP contribution in [0, 0.1) is 23.7 Å². The second-order valence-corrected chi connectivity index (χ2v) is 30.3. The van der Waals surface area contributed by atoms with Crippen molar-refractivity contribution in [3.63, 3.8) is 0 Å². The summed E-state index contributed by atoms with van der Waals surface area (Å²) in [7, 11) is -9.91. The van der Waals surface area contributed by atoms with Crippen molar-refractivity contribution in [2.75, 3.05) is 39.6 Å². The van der Waals surface area contributed by atoms with Gasteiger partial charge in [-0.2, -0.15) is 0 Å². The number of aliphatic hydroxyl groups excluding tert-OH is 1. The monoisotopic (exact) mass is 1340 g/mol. The normalized spacial score (nSPS) is 14.8. The lowest BCUT2D eigenvalue weighted by Gasteiger charge is -2.21. The highest BCUT2D eigenvalue weighted by atomic mass is 31.2. The molecule has 0 saturated heterocycles. The summed E-state index contributed by atoms with van der Waals surface area (Å²) < 4.78 is 68.3. The molecule has 0 aliphatic rings. The molecule has 4 unspecified atom stereocenters. The molecule has 0 aliphatic heterocycles. The number of carbonyl (C=O) groups is 4. The molecule has 0 bridgehead atoms. The summed E-state index contributed by atoms with van der Waals surface area (Å²) in [4.78, 5) is 72.6. The van der Waals surface area contributed by atoms with Gasteiger partial charge in [0.15, 0.2) is 12.2 Å². The van der Waals surface area contributed by atoms with Gasteiger partial charge in [-0.05, 0) is 49.4 Å². The minimum absolute atomic E-state index is 0.102. The second kappa shape index (κ2) is 61.6. The third-order valence-corrected chi connectivity index (χ3v) is 19.2. The van der Waals surface area contributed by atoms with Crippen molar-refractivity contribution in [2.45, 2.75) is 375 Å². The fourth-order valence-electron chi connectivity index (χ4n) is 10.8. The van der Waals surface area contributed by atoms with E-state index in [-0.39, 0.29) is 25.7 Å². The van der Waals surface area contributed by atoms with E-state index in [4.69, 9.17) is 37.0 Å². The topological polar surface area (TPSA) is 237 Å². The van der Waals surface area contributed by atoms with Gasteiger partial charge < -0.3 is 33.8 Å². The first-order chi connectivity index (χ1) is 43.7. The number of rotatable bonds is 69. The number of ether oxygens (including phenoxy) is 4. The van der Waals surface area contributed by atoms with Gasteiger partial charge in [0.2, 0.25) is 0 Å².